The Bertz CT molecular complexity index is 554. The molecule has 140 valence electrons. The number of ether oxygens (including phenoxy) is 1. The number of nitrogens with zero attached hydrogens (tertiary/aromatic N) is 7. The molecule has 0 aliphatic carbocycles. The van der Waals surface area contributed by atoms with Crippen LogP contribution in [-0.4, -0.2) is 99.3 Å². The quantitative estimate of drug-likeness (QED) is 0.652. The minimum atomic E-state index is 0.102. The van der Waals surface area contributed by atoms with Crippen LogP contribution in [0.1, 0.15) is 26.1 Å². The predicted octanol–water partition coefficient (Wildman–Crippen LogP) is -0.552. The second-order valence-corrected chi connectivity index (χ2v) is 6.64. The number of carbonyl (C=O) groups excluding carboxylic acids is 1. The first kappa shape index (κ1) is 18.2. The number of morpholine rings is 1. The van der Waals surface area contributed by atoms with Gasteiger partial charge in [0.15, 0.2) is 5.82 Å². The average molecular weight is 351 g/mol. The lowest BCUT2D eigenvalue weighted by Crippen LogP contribution is -2.40. The van der Waals surface area contributed by atoms with Crippen LogP contribution in [0, 0.1) is 0 Å². The number of hydrogen-bond donors (Lipinski definition) is 0. The third-order valence-electron chi connectivity index (χ3n) is 5.20. The Balaban J connectivity index is 1.54. The van der Waals surface area contributed by atoms with Gasteiger partial charge in [-0.2, -0.15) is 0 Å². The van der Waals surface area contributed by atoms with E-state index in [9.17, 15) is 4.79 Å². The van der Waals surface area contributed by atoms with Crippen LogP contribution in [0.2, 0.25) is 0 Å². The zero-order valence-corrected chi connectivity index (χ0v) is 15.3. The molecule has 2 aliphatic heterocycles. The monoisotopic (exact) mass is 351 g/mol. The molecule has 3 heterocycles. The van der Waals surface area contributed by atoms with Crippen molar-refractivity contribution in [1.82, 2.24) is 34.9 Å². The second-order valence-electron chi connectivity index (χ2n) is 6.64. The normalized spacial score (nSPS) is 22.0. The smallest absolute Gasteiger partial charge is 0.244 e. The highest BCUT2D eigenvalue weighted by Gasteiger charge is 2.29. The molecule has 2 aliphatic rings. The summed E-state index contributed by atoms with van der Waals surface area (Å²) in [6.07, 6.45) is 1.05. The summed E-state index contributed by atoms with van der Waals surface area (Å²) < 4.78 is 7.01. The van der Waals surface area contributed by atoms with E-state index in [0.717, 1.165) is 64.7 Å². The van der Waals surface area contributed by atoms with Crippen molar-refractivity contribution in [3.8, 4) is 0 Å². The predicted molar refractivity (Wildman–Crippen MR) is 91.8 cm³/mol. The summed E-state index contributed by atoms with van der Waals surface area (Å²) in [5.74, 6) is 0.847. The molecular weight excluding hydrogens is 322 g/mol. The molecule has 1 atom stereocenters. The average Bonchev–Trinajstić information content (AvgIpc) is 3.27. The number of likely N-dealkylation sites (tertiary alicyclic amines) is 1. The molecule has 1 amide bonds. The van der Waals surface area contributed by atoms with Crippen molar-refractivity contribution in [1.29, 1.82) is 0 Å². The van der Waals surface area contributed by atoms with Gasteiger partial charge in [0.25, 0.3) is 0 Å². The fourth-order valence-electron chi connectivity index (χ4n) is 3.65. The molecular formula is C16H29N7O2. The zero-order valence-electron chi connectivity index (χ0n) is 15.3. The van der Waals surface area contributed by atoms with Crippen LogP contribution < -0.4 is 0 Å². The lowest BCUT2D eigenvalue weighted by atomic mass is 10.2. The molecule has 9 heteroatoms. The third kappa shape index (κ3) is 4.53. The van der Waals surface area contributed by atoms with Gasteiger partial charge >= 0.3 is 0 Å². The second kappa shape index (κ2) is 8.68. The Morgan fingerprint density at radius 3 is 2.72 bits per heavy atom. The molecule has 9 nitrogen and oxygen atoms in total. The molecule has 25 heavy (non-hydrogen) atoms. The summed E-state index contributed by atoms with van der Waals surface area (Å²) in [6, 6.07) is 0.473. The van der Waals surface area contributed by atoms with Crippen LogP contribution in [-0.2, 0) is 22.6 Å². The number of rotatable bonds is 7. The third-order valence-corrected chi connectivity index (χ3v) is 5.20. The van der Waals surface area contributed by atoms with Gasteiger partial charge in [-0.3, -0.25) is 14.6 Å². The standard InChI is InChI=1S/C16H29N7O2/c1-3-21(4-2)14-5-6-22(11-14)16(24)13-23-15(17-18-19-23)12-20-7-9-25-10-8-20/h14H,3-13H2,1-2H3. The van der Waals surface area contributed by atoms with Gasteiger partial charge in [-0.25, -0.2) is 4.68 Å². The number of tetrazole rings is 1. The Morgan fingerprint density at radius 2 is 2.00 bits per heavy atom. The van der Waals surface area contributed by atoms with Gasteiger partial charge in [-0.05, 0) is 29.9 Å². The fourth-order valence-corrected chi connectivity index (χ4v) is 3.65. The molecule has 1 unspecified atom stereocenters. The molecule has 1 aromatic rings. The van der Waals surface area contributed by atoms with Crippen molar-refractivity contribution in [2.24, 2.45) is 0 Å². The van der Waals surface area contributed by atoms with Crippen molar-refractivity contribution >= 4 is 5.91 Å². The van der Waals surface area contributed by atoms with Crippen molar-refractivity contribution in [2.45, 2.75) is 39.4 Å². The number of carbonyl (C=O) groups is 1. The number of aromatic nitrogens is 4. The van der Waals surface area contributed by atoms with Crippen molar-refractivity contribution in [3.63, 3.8) is 0 Å². The maximum Gasteiger partial charge on any atom is 0.244 e. The number of amides is 1. The number of likely N-dealkylation sites (N-methyl/N-ethyl adjacent to an activating group) is 1. The summed E-state index contributed by atoms with van der Waals surface area (Å²) >= 11 is 0. The van der Waals surface area contributed by atoms with Crippen LogP contribution in [0.25, 0.3) is 0 Å². The van der Waals surface area contributed by atoms with Crippen molar-refractivity contribution in [3.05, 3.63) is 5.82 Å². The molecule has 0 radical (unpaired) electrons. The highest BCUT2D eigenvalue weighted by atomic mass is 16.5. The molecule has 0 saturated carbocycles. The fraction of sp³-hybridized carbons (Fsp3) is 0.875. The Kier molecular flexibility index (Phi) is 6.33. The first-order chi connectivity index (χ1) is 12.2. The Hall–Kier alpha value is -1.58. The molecule has 0 spiro atoms. The van der Waals surface area contributed by atoms with Gasteiger partial charge in [0.1, 0.15) is 6.54 Å². The van der Waals surface area contributed by atoms with Gasteiger partial charge in [-0.15, -0.1) is 5.10 Å². The van der Waals surface area contributed by atoms with Crippen LogP contribution in [0.5, 0.6) is 0 Å². The molecule has 1 aromatic heterocycles. The molecule has 2 saturated heterocycles. The van der Waals surface area contributed by atoms with E-state index in [1.807, 2.05) is 4.90 Å². The zero-order chi connectivity index (χ0) is 17.6. The first-order valence-electron chi connectivity index (χ1n) is 9.28. The highest BCUT2D eigenvalue weighted by Crippen LogP contribution is 2.16. The lowest BCUT2D eigenvalue weighted by Gasteiger charge is -2.26. The van der Waals surface area contributed by atoms with E-state index < -0.39 is 0 Å². The summed E-state index contributed by atoms with van der Waals surface area (Å²) in [5.41, 5.74) is 0. The number of hydrogen-bond acceptors (Lipinski definition) is 7. The van der Waals surface area contributed by atoms with Gasteiger partial charge < -0.3 is 9.64 Å². The Morgan fingerprint density at radius 1 is 1.24 bits per heavy atom. The summed E-state index contributed by atoms with van der Waals surface area (Å²) in [7, 11) is 0. The van der Waals surface area contributed by atoms with E-state index in [4.69, 9.17) is 4.74 Å². The van der Waals surface area contributed by atoms with Gasteiger partial charge in [-0.1, -0.05) is 13.8 Å². The van der Waals surface area contributed by atoms with Gasteiger partial charge in [0.2, 0.25) is 5.91 Å². The topological polar surface area (TPSA) is 79.6 Å². The maximum absolute atomic E-state index is 12.7. The van der Waals surface area contributed by atoms with E-state index in [1.54, 1.807) is 4.68 Å². The van der Waals surface area contributed by atoms with Crippen molar-refractivity contribution in [2.75, 3.05) is 52.5 Å². The largest absolute Gasteiger partial charge is 0.379 e. The summed E-state index contributed by atoms with van der Waals surface area (Å²) in [4.78, 5) is 19.3. The van der Waals surface area contributed by atoms with Gasteiger partial charge in [0, 0.05) is 32.2 Å². The minimum absolute atomic E-state index is 0.102. The molecule has 2 fully saturated rings. The van der Waals surface area contributed by atoms with E-state index in [-0.39, 0.29) is 12.5 Å². The minimum Gasteiger partial charge on any atom is -0.379 e. The molecule has 0 bridgehead atoms. The van der Waals surface area contributed by atoms with Gasteiger partial charge in [0.05, 0.1) is 19.8 Å². The van der Waals surface area contributed by atoms with E-state index in [2.05, 4.69) is 39.2 Å². The lowest BCUT2D eigenvalue weighted by molar-refractivity contribution is -0.131. The van der Waals surface area contributed by atoms with E-state index >= 15 is 0 Å². The SMILES string of the molecule is CCN(CC)C1CCN(C(=O)Cn2nnnc2CN2CCOCC2)C1. The van der Waals surface area contributed by atoms with Crippen LogP contribution in [0.15, 0.2) is 0 Å². The van der Waals surface area contributed by atoms with Crippen LogP contribution in [0.4, 0.5) is 0 Å². The van der Waals surface area contributed by atoms with Crippen LogP contribution >= 0.6 is 0 Å². The summed E-state index contributed by atoms with van der Waals surface area (Å²) in [6.45, 7) is 12.1. The van der Waals surface area contributed by atoms with E-state index in [1.165, 1.54) is 0 Å². The molecule has 0 N–H and O–H groups in total. The summed E-state index contributed by atoms with van der Waals surface area (Å²) in [5, 5.41) is 11.9. The molecule has 3 rings (SSSR count). The first-order valence-corrected chi connectivity index (χ1v) is 9.28. The maximum atomic E-state index is 12.7. The van der Waals surface area contributed by atoms with E-state index in [0.29, 0.717) is 12.6 Å². The van der Waals surface area contributed by atoms with Crippen molar-refractivity contribution < 1.29 is 9.53 Å². The molecule has 0 aromatic carbocycles. The highest BCUT2D eigenvalue weighted by molar-refractivity contribution is 5.76. The Labute approximate surface area is 148 Å². The van der Waals surface area contributed by atoms with Crippen LogP contribution in [0.3, 0.4) is 0 Å².